The van der Waals surface area contributed by atoms with Crippen molar-refractivity contribution < 1.29 is 4.74 Å². The van der Waals surface area contributed by atoms with E-state index in [1.807, 2.05) is 44.6 Å². The van der Waals surface area contributed by atoms with Crippen LogP contribution in [-0.4, -0.2) is 16.4 Å². The highest BCUT2D eigenvalue weighted by Crippen LogP contribution is 2.27. The lowest BCUT2D eigenvalue weighted by Gasteiger charge is -2.09. The van der Waals surface area contributed by atoms with Gasteiger partial charge in [-0.15, -0.1) is 0 Å². The number of hydrogen-bond acceptors (Lipinski definition) is 3. The predicted molar refractivity (Wildman–Crippen MR) is 73.2 cm³/mol. The molecule has 96 valence electrons. The van der Waals surface area contributed by atoms with Gasteiger partial charge >= 0.3 is 0 Å². The number of anilines is 1. The SMILES string of the molecule is CCOc1ccc(NCc2cnn(C)c2)cc1Cl. The molecule has 18 heavy (non-hydrogen) atoms. The average molecular weight is 266 g/mol. The summed E-state index contributed by atoms with van der Waals surface area (Å²) in [4.78, 5) is 0. The normalized spacial score (nSPS) is 10.4. The Morgan fingerprint density at radius 3 is 2.89 bits per heavy atom. The molecular formula is C13H16ClN3O. The molecule has 4 nitrogen and oxygen atoms in total. The average Bonchev–Trinajstić information content (AvgIpc) is 2.76. The van der Waals surface area contributed by atoms with Gasteiger partial charge in [0, 0.05) is 31.0 Å². The van der Waals surface area contributed by atoms with Crippen LogP contribution in [0.2, 0.25) is 5.02 Å². The molecule has 0 amide bonds. The van der Waals surface area contributed by atoms with Gasteiger partial charge in [-0.25, -0.2) is 0 Å². The molecule has 1 aromatic heterocycles. The van der Waals surface area contributed by atoms with Crippen molar-refractivity contribution in [2.24, 2.45) is 7.05 Å². The Bertz CT molecular complexity index is 525. The fraction of sp³-hybridized carbons (Fsp3) is 0.308. The van der Waals surface area contributed by atoms with Crippen LogP contribution in [0.15, 0.2) is 30.6 Å². The maximum Gasteiger partial charge on any atom is 0.138 e. The molecule has 2 rings (SSSR count). The van der Waals surface area contributed by atoms with Gasteiger partial charge in [0.05, 0.1) is 17.8 Å². The zero-order valence-corrected chi connectivity index (χ0v) is 11.2. The van der Waals surface area contributed by atoms with Crippen LogP contribution < -0.4 is 10.1 Å². The Hall–Kier alpha value is -1.68. The lowest BCUT2D eigenvalue weighted by molar-refractivity contribution is 0.340. The second-order valence-electron chi connectivity index (χ2n) is 3.95. The van der Waals surface area contributed by atoms with E-state index in [9.17, 15) is 0 Å². The maximum absolute atomic E-state index is 6.11. The predicted octanol–water partition coefficient (Wildman–Crippen LogP) is 3.08. The van der Waals surface area contributed by atoms with Gasteiger partial charge in [0.15, 0.2) is 0 Å². The highest BCUT2D eigenvalue weighted by atomic mass is 35.5. The Morgan fingerprint density at radius 1 is 1.44 bits per heavy atom. The van der Waals surface area contributed by atoms with Gasteiger partial charge in [0.1, 0.15) is 5.75 Å². The monoisotopic (exact) mass is 265 g/mol. The maximum atomic E-state index is 6.11. The molecule has 0 atom stereocenters. The van der Waals surface area contributed by atoms with E-state index in [1.54, 1.807) is 4.68 Å². The minimum Gasteiger partial charge on any atom is -0.492 e. The van der Waals surface area contributed by atoms with Crippen molar-refractivity contribution in [3.63, 3.8) is 0 Å². The van der Waals surface area contributed by atoms with Gasteiger partial charge < -0.3 is 10.1 Å². The van der Waals surface area contributed by atoms with Crippen LogP contribution in [0.4, 0.5) is 5.69 Å². The molecule has 0 fully saturated rings. The molecule has 0 radical (unpaired) electrons. The smallest absolute Gasteiger partial charge is 0.138 e. The van der Waals surface area contributed by atoms with Crippen LogP contribution in [-0.2, 0) is 13.6 Å². The van der Waals surface area contributed by atoms with Gasteiger partial charge in [-0.3, -0.25) is 4.68 Å². The van der Waals surface area contributed by atoms with Crippen molar-refractivity contribution in [3.8, 4) is 5.75 Å². The molecule has 2 aromatic rings. The second kappa shape index (κ2) is 5.78. The largest absolute Gasteiger partial charge is 0.492 e. The van der Waals surface area contributed by atoms with E-state index in [2.05, 4.69) is 10.4 Å². The molecule has 0 aliphatic carbocycles. The van der Waals surface area contributed by atoms with Crippen LogP contribution in [0.3, 0.4) is 0 Å². The zero-order valence-electron chi connectivity index (χ0n) is 10.5. The standard InChI is InChI=1S/C13H16ClN3O/c1-3-18-13-5-4-11(6-12(13)14)15-7-10-8-16-17(2)9-10/h4-6,8-9,15H,3,7H2,1-2H3. The molecule has 0 bridgehead atoms. The first-order valence-corrected chi connectivity index (χ1v) is 6.20. The number of nitrogens with one attached hydrogen (secondary N) is 1. The molecule has 0 saturated carbocycles. The minimum absolute atomic E-state index is 0.613. The molecule has 1 N–H and O–H groups in total. The molecule has 0 spiro atoms. The Kier molecular flexibility index (Phi) is 4.10. The number of aromatic nitrogens is 2. The number of benzene rings is 1. The van der Waals surface area contributed by atoms with Crippen molar-refractivity contribution in [1.29, 1.82) is 0 Å². The van der Waals surface area contributed by atoms with Crippen molar-refractivity contribution in [2.75, 3.05) is 11.9 Å². The summed E-state index contributed by atoms with van der Waals surface area (Å²) in [6, 6.07) is 5.69. The molecule has 0 aliphatic heterocycles. The summed E-state index contributed by atoms with van der Waals surface area (Å²) in [7, 11) is 1.90. The Labute approximate surface area is 112 Å². The third-order valence-corrected chi connectivity index (χ3v) is 2.78. The van der Waals surface area contributed by atoms with E-state index in [4.69, 9.17) is 16.3 Å². The summed E-state index contributed by atoms with van der Waals surface area (Å²) in [5.74, 6) is 0.714. The lowest BCUT2D eigenvalue weighted by Crippen LogP contribution is -1.99. The molecule has 0 unspecified atom stereocenters. The van der Waals surface area contributed by atoms with E-state index in [1.165, 1.54) is 0 Å². The van der Waals surface area contributed by atoms with Gasteiger partial charge in [0.2, 0.25) is 0 Å². The number of ether oxygens (including phenoxy) is 1. The number of hydrogen-bond donors (Lipinski definition) is 1. The van der Waals surface area contributed by atoms with E-state index in [-0.39, 0.29) is 0 Å². The van der Waals surface area contributed by atoms with Gasteiger partial charge in [-0.05, 0) is 25.1 Å². The van der Waals surface area contributed by atoms with Crippen LogP contribution in [0.1, 0.15) is 12.5 Å². The summed E-state index contributed by atoms with van der Waals surface area (Å²) in [5, 5.41) is 8.03. The van der Waals surface area contributed by atoms with E-state index < -0.39 is 0 Å². The van der Waals surface area contributed by atoms with Crippen molar-refractivity contribution >= 4 is 17.3 Å². The van der Waals surface area contributed by atoms with E-state index >= 15 is 0 Å². The second-order valence-corrected chi connectivity index (χ2v) is 4.36. The van der Waals surface area contributed by atoms with Crippen LogP contribution in [0, 0.1) is 0 Å². The quantitative estimate of drug-likeness (QED) is 0.903. The highest BCUT2D eigenvalue weighted by Gasteiger charge is 2.03. The van der Waals surface area contributed by atoms with Crippen molar-refractivity contribution in [2.45, 2.75) is 13.5 Å². The van der Waals surface area contributed by atoms with Gasteiger partial charge in [0.25, 0.3) is 0 Å². The number of nitrogens with zero attached hydrogens (tertiary/aromatic N) is 2. The fourth-order valence-electron chi connectivity index (χ4n) is 1.65. The summed E-state index contributed by atoms with van der Waals surface area (Å²) >= 11 is 6.11. The van der Waals surface area contributed by atoms with Crippen LogP contribution in [0.5, 0.6) is 5.75 Å². The topological polar surface area (TPSA) is 39.1 Å². The first-order valence-electron chi connectivity index (χ1n) is 5.82. The molecule has 5 heteroatoms. The molecule has 1 heterocycles. The van der Waals surface area contributed by atoms with Crippen molar-refractivity contribution in [1.82, 2.24) is 9.78 Å². The van der Waals surface area contributed by atoms with Crippen molar-refractivity contribution in [3.05, 3.63) is 41.2 Å². The molecular weight excluding hydrogens is 250 g/mol. The minimum atomic E-state index is 0.613. The Morgan fingerprint density at radius 2 is 2.28 bits per heavy atom. The fourth-order valence-corrected chi connectivity index (χ4v) is 1.89. The van der Waals surface area contributed by atoms with Gasteiger partial charge in [-0.1, -0.05) is 11.6 Å². The molecule has 0 saturated heterocycles. The number of rotatable bonds is 5. The number of aryl methyl sites for hydroxylation is 1. The highest BCUT2D eigenvalue weighted by molar-refractivity contribution is 6.32. The summed E-state index contributed by atoms with van der Waals surface area (Å²) in [6.45, 7) is 3.27. The van der Waals surface area contributed by atoms with Crippen LogP contribution >= 0.6 is 11.6 Å². The summed E-state index contributed by atoms with van der Waals surface area (Å²) in [5.41, 5.74) is 2.09. The van der Waals surface area contributed by atoms with Gasteiger partial charge in [-0.2, -0.15) is 5.10 Å². The first kappa shape index (κ1) is 12.8. The summed E-state index contributed by atoms with van der Waals surface area (Å²) < 4.78 is 7.16. The molecule has 1 aromatic carbocycles. The molecule has 0 aliphatic rings. The summed E-state index contributed by atoms with van der Waals surface area (Å²) in [6.07, 6.45) is 3.81. The Balaban J connectivity index is 1.99. The zero-order chi connectivity index (χ0) is 13.0. The third-order valence-electron chi connectivity index (χ3n) is 2.49. The van der Waals surface area contributed by atoms with E-state index in [0.29, 0.717) is 17.4 Å². The van der Waals surface area contributed by atoms with E-state index in [0.717, 1.165) is 17.8 Å². The van der Waals surface area contributed by atoms with Crippen LogP contribution in [0.25, 0.3) is 0 Å². The first-order chi connectivity index (χ1) is 8.69. The number of halogens is 1. The lowest BCUT2D eigenvalue weighted by atomic mass is 10.3. The third kappa shape index (κ3) is 3.17.